The van der Waals surface area contributed by atoms with Gasteiger partial charge in [-0.2, -0.15) is 0 Å². The van der Waals surface area contributed by atoms with E-state index in [2.05, 4.69) is 5.32 Å². The normalized spacial score (nSPS) is 19.0. The van der Waals surface area contributed by atoms with Gasteiger partial charge >= 0.3 is 5.97 Å². The third-order valence-corrected chi connectivity index (χ3v) is 4.25. The summed E-state index contributed by atoms with van der Waals surface area (Å²) in [7, 11) is 1.30. The predicted octanol–water partition coefficient (Wildman–Crippen LogP) is 2.04. The summed E-state index contributed by atoms with van der Waals surface area (Å²) in [6.45, 7) is 0. The van der Waals surface area contributed by atoms with E-state index in [9.17, 15) is 14.4 Å². The molecule has 0 heterocycles. The van der Waals surface area contributed by atoms with Crippen molar-refractivity contribution in [1.82, 2.24) is 5.32 Å². The molecule has 0 unspecified atom stereocenters. The molecule has 23 heavy (non-hydrogen) atoms. The predicted molar refractivity (Wildman–Crippen MR) is 85.7 cm³/mol. The van der Waals surface area contributed by atoms with E-state index in [0.717, 1.165) is 18.4 Å². The van der Waals surface area contributed by atoms with Crippen molar-refractivity contribution in [2.75, 3.05) is 7.11 Å². The Bertz CT molecular complexity index is 555. The van der Waals surface area contributed by atoms with Crippen LogP contribution in [0.15, 0.2) is 30.3 Å². The SMILES string of the molecule is COC(=O)[C@H](NC(=O)CCc1ccccc1)[C@H]1CCCC(=O)C1. The van der Waals surface area contributed by atoms with Gasteiger partial charge in [0.2, 0.25) is 5.91 Å². The number of hydrogen-bond acceptors (Lipinski definition) is 4. The summed E-state index contributed by atoms with van der Waals surface area (Å²) < 4.78 is 4.80. The van der Waals surface area contributed by atoms with Gasteiger partial charge in [-0.3, -0.25) is 9.59 Å². The molecule has 1 fully saturated rings. The molecule has 5 heteroatoms. The van der Waals surface area contributed by atoms with Crippen LogP contribution in [0.1, 0.15) is 37.7 Å². The van der Waals surface area contributed by atoms with E-state index >= 15 is 0 Å². The monoisotopic (exact) mass is 317 g/mol. The fraction of sp³-hybridized carbons (Fsp3) is 0.500. The zero-order chi connectivity index (χ0) is 16.7. The number of ether oxygens (including phenoxy) is 1. The van der Waals surface area contributed by atoms with Crippen molar-refractivity contribution < 1.29 is 19.1 Å². The molecule has 0 aromatic heterocycles. The van der Waals surface area contributed by atoms with Gasteiger partial charge < -0.3 is 10.1 Å². The van der Waals surface area contributed by atoms with Crippen LogP contribution in [0.2, 0.25) is 0 Å². The lowest BCUT2D eigenvalue weighted by Crippen LogP contribution is -2.48. The number of benzene rings is 1. The number of ketones is 1. The van der Waals surface area contributed by atoms with Crippen LogP contribution < -0.4 is 5.32 Å². The number of nitrogens with one attached hydrogen (secondary N) is 1. The standard InChI is InChI=1S/C18H23NO4/c1-23-18(22)17(14-8-5-9-15(20)12-14)19-16(21)11-10-13-6-3-2-4-7-13/h2-4,6-7,14,17H,5,8-12H2,1H3,(H,19,21)/t14-,17+/m0/s1. The van der Waals surface area contributed by atoms with Gasteiger partial charge in [-0.05, 0) is 30.7 Å². The van der Waals surface area contributed by atoms with Crippen LogP contribution in [0.25, 0.3) is 0 Å². The molecule has 1 saturated carbocycles. The summed E-state index contributed by atoms with van der Waals surface area (Å²) in [5, 5.41) is 2.76. The number of carbonyl (C=O) groups excluding carboxylic acids is 3. The molecular formula is C18H23NO4. The van der Waals surface area contributed by atoms with E-state index < -0.39 is 12.0 Å². The first kappa shape index (κ1) is 17.2. The molecule has 0 radical (unpaired) electrons. The Labute approximate surface area is 136 Å². The van der Waals surface area contributed by atoms with E-state index in [0.29, 0.717) is 25.7 Å². The molecule has 1 aromatic carbocycles. The Balaban J connectivity index is 1.92. The van der Waals surface area contributed by atoms with E-state index in [-0.39, 0.29) is 17.6 Å². The van der Waals surface area contributed by atoms with Crippen molar-refractivity contribution in [2.24, 2.45) is 5.92 Å². The first-order valence-electron chi connectivity index (χ1n) is 8.03. The maximum atomic E-state index is 12.2. The summed E-state index contributed by atoms with van der Waals surface area (Å²) in [5.74, 6) is -0.682. The minimum atomic E-state index is -0.729. The summed E-state index contributed by atoms with van der Waals surface area (Å²) in [6, 6.07) is 8.98. The highest BCUT2D eigenvalue weighted by molar-refractivity contribution is 5.86. The third kappa shape index (κ3) is 5.20. The molecule has 1 N–H and O–H groups in total. The highest BCUT2D eigenvalue weighted by Crippen LogP contribution is 2.25. The Morgan fingerprint density at radius 3 is 2.70 bits per heavy atom. The largest absolute Gasteiger partial charge is 0.467 e. The van der Waals surface area contributed by atoms with Gasteiger partial charge in [0.05, 0.1) is 7.11 Å². The Morgan fingerprint density at radius 2 is 2.04 bits per heavy atom. The van der Waals surface area contributed by atoms with Crippen LogP contribution in [0.4, 0.5) is 0 Å². The average molecular weight is 317 g/mol. The molecule has 1 amide bonds. The number of carbonyl (C=O) groups is 3. The molecule has 5 nitrogen and oxygen atoms in total. The quantitative estimate of drug-likeness (QED) is 0.815. The number of hydrogen-bond donors (Lipinski definition) is 1. The minimum Gasteiger partial charge on any atom is -0.467 e. The fourth-order valence-corrected chi connectivity index (χ4v) is 2.99. The molecule has 1 aliphatic rings. The maximum Gasteiger partial charge on any atom is 0.328 e. The summed E-state index contributed by atoms with van der Waals surface area (Å²) >= 11 is 0. The lowest BCUT2D eigenvalue weighted by Gasteiger charge is -2.28. The van der Waals surface area contributed by atoms with Gasteiger partial charge in [-0.25, -0.2) is 4.79 Å². The maximum absolute atomic E-state index is 12.2. The number of amides is 1. The topological polar surface area (TPSA) is 72.5 Å². The van der Waals surface area contributed by atoms with Crippen molar-refractivity contribution >= 4 is 17.7 Å². The van der Waals surface area contributed by atoms with E-state index in [1.165, 1.54) is 7.11 Å². The number of methoxy groups -OCH3 is 1. The van der Waals surface area contributed by atoms with Crippen LogP contribution in [-0.2, 0) is 25.5 Å². The third-order valence-electron chi connectivity index (χ3n) is 4.25. The lowest BCUT2D eigenvalue weighted by atomic mass is 9.83. The van der Waals surface area contributed by atoms with Gasteiger partial charge in [0.25, 0.3) is 0 Å². The minimum absolute atomic E-state index is 0.147. The first-order chi connectivity index (χ1) is 11.1. The zero-order valence-electron chi connectivity index (χ0n) is 13.4. The Morgan fingerprint density at radius 1 is 1.30 bits per heavy atom. The molecule has 2 atom stereocenters. The zero-order valence-corrected chi connectivity index (χ0v) is 13.4. The second-order valence-corrected chi connectivity index (χ2v) is 5.95. The Hall–Kier alpha value is -2.17. The highest BCUT2D eigenvalue weighted by Gasteiger charge is 2.33. The van der Waals surface area contributed by atoms with E-state index in [1.54, 1.807) is 0 Å². The second kappa shape index (κ2) is 8.46. The molecule has 124 valence electrons. The van der Waals surface area contributed by atoms with E-state index in [1.807, 2.05) is 30.3 Å². The highest BCUT2D eigenvalue weighted by atomic mass is 16.5. The molecule has 0 spiro atoms. The van der Waals surface area contributed by atoms with Crippen LogP contribution in [0.5, 0.6) is 0 Å². The van der Waals surface area contributed by atoms with Crippen molar-refractivity contribution in [2.45, 2.75) is 44.6 Å². The molecule has 0 aliphatic heterocycles. The van der Waals surface area contributed by atoms with Crippen molar-refractivity contribution in [3.05, 3.63) is 35.9 Å². The van der Waals surface area contributed by atoms with Crippen LogP contribution >= 0.6 is 0 Å². The fourth-order valence-electron chi connectivity index (χ4n) is 2.99. The number of aryl methyl sites for hydroxylation is 1. The lowest BCUT2D eigenvalue weighted by molar-refractivity contribution is -0.147. The van der Waals surface area contributed by atoms with E-state index in [4.69, 9.17) is 4.74 Å². The van der Waals surface area contributed by atoms with Gasteiger partial charge in [0, 0.05) is 19.3 Å². The summed E-state index contributed by atoms with van der Waals surface area (Å²) in [6.07, 6.45) is 3.33. The van der Waals surface area contributed by atoms with Crippen LogP contribution in [0, 0.1) is 5.92 Å². The van der Waals surface area contributed by atoms with Crippen molar-refractivity contribution in [3.63, 3.8) is 0 Å². The second-order valence-electron chi connectivity index (χ2n) is 5.95. The van der Waals surface area contributed by atoms with Gasteiger partial charge in [-0.1, -0.05) is 30.3 Å². The number of esters is 1. The summed E-state index contributed by atoms with van der Waals surface area (Å²) in [4.78, 5) is 35.8. The number of rotatable bonds is 6. The Kier molecular flexibility index (Phi) is 6.32. The molecular weight excluding hydrogens is 294 g/mol. The molecule has 2 rings (SSSR count). The van der Waals surface area contributed by atoms with Gasteiger partial charge in [0.15, 0.2) is 0 Å². The first-order valence-corrected chi connectivity index (χ1v) is 8.03. The average Bonchev–Trinajstić information content (AvgIpc) is 2.58. The van der Waals surface area contributed by atoms with Crippen LogP contribution in [0.3, 0.4) is 0 Å². The van der Waals surface area contributed by atoms with Crippen molar-refractivity contribution in [1.29, 1.82) is 0 Å². The molecule has 1 aliphatic carbocycles. The van der Waals surface area contributed by atoms with Gasteiger partial charge in [0.1, 0.15) is 11.8 Å². The van der Waals surface area contributed by atoms with Crippen molar-refractivity contribution in [3.8, 4) is 0 Å². The molecule has 0 bridgehead atoms. The number of Topliss-reactive ketones (excluding diaryl/α,β-unsaturated/α-hetero) is 1. The molecule has 0 saturated heterocycles. The molecule has 1 aromatic rings. The van der Waals surface area contributed by atoms with Gasteiger partial charge in [-0.15, -0.1) is 0 Å². The van der Waals surface area contributed by atoms with Crippen LogP contribution in [-0.4, -0.2) is 30.8 Å². The summed E-state index contributed by atoms with van der Waals surface area (Å²) in [5.41, 5.74) is 1.07. The smallest absolute Gasteiger partial charge is 0.328 e.